The lowest BCUT2D eigenvalue weighted by molar-refractivity contribution is -1.15. The number of quaternary nitrogens is 2. The van der Waals surface area contributed by atoms with Crippen LogP contribution in [-0.4, -0.2) is 55.4 Å². The normalized spacial score (nSPS) is 37.4. The molecule has 1 saturated carbocycles. The Balaban J connectivity index is 1.51. The number of rotatable bonds is 4. The molecule has 1 aromatic heterocycles. The van der Waals surface area contributed by atoms with Gasteiger partial charge in [-0.15, -0.1) is 0 Å². The predicted molar refractivity (Wildman–Crippen MR) is 118 cm³/mol. The van der Waals surface area contributed by atoms with Gasteiger partial charge in [0.1, 0.15) is 36.8 Å². The molecular weight excluding hydrogens is 374 g/mol. The zero-order chi connectivity index (χ0) is 21.8. The molecule has 1 aromatic rings. The second-order valence-corrected chi connectivity index (χ2v) is 12.1. The Morgan fingerprint density at radius 2 is 1.53 bits per heavy atom. The summed E-state index contributed by atoms with van der Waals surface area (Å²) in [5, 5.41) is 23.0. The maximum Gasteiger partial charge on any atom is 0.146 e. The van der Waals surface area contributed by atoms with Gasteiger partial charge in [0, 0.05) is 48.6 Å². The van der Waals surface area contributed by atoms with Crippen LogP contribution < -0.4 is 0 Å². The summed E-state index contributed by atoms with van der Waals surface area (Å²) < 4.78 is 0.286. The topological polar surface area (TPSA) is 53.4 Å². The molecule has 2 atom stereocenters. The van der Waals surface area contributed by atoms with Gasteiger partial charge in [0.2, 0.25) is 0 Å². The van der Waals surface area contributed by atoms with Crippen LogP contribution >= 0.6 is 0 Å². The molecule has 5 heteroatoms. The summed E-state index contributed by atoms with van der Waals surface area (Å²) in [5.74, 6) is 1.33. The van der Waals surface area contributed by atoms with Crippen molar-refractivity contribution in [3.8, 4) is 0 Å². The monoisotopic (exact) mass is 417 g/mol. The van der Waals surface area contributed by atoms with E-state index < -0.39 is 0 Å². The number of likely N-dealkylation sites (tertiary alicyclic amines) is 1. The second kappa shape index (κ2) is 7.54. The lowest BCUT2D eigenvalue weighted by Crippen LogP contribution is -2.62. The average Bonchev–Trinajstić information content (AvgIpc) is 2.88. The minimum absolute atomic E-state index is 0.0945. The van der Waals surface area contributed by atoms with E-state index in [2.05, 4.69) is 46.8 Å². The SMILES string of the molecule is CC(C)(Cc1ccc(C2CCC[N+]2(O)C(C)(C)C)cn1)[N+]1(O)CC2CCC(CC2)C1. The van der Waals surface area contributed by atoms with E-state index in [-0.39, 0.29) is 26.4 Å². The van der Waals surface area contributed by atoms with Crippen LogP contribution in [0.2, 0.25) is 0 Å². The maximum absolute atomic E-state index is 11.7. The Bertz CT molecular complexity index is 733. The first-order valence-corrected chi connectivity index (χ1v) is 12.1. The zero-order valence-corrected chi connectivity index (χ0v) is 19.8. The summed E-state index contributed by atoms with van der Waals surface area (Å²) in [6, 6.07) is 4.38. The van der Waals surface area contributed by atoms with Crippen molar-refractivity contribution >= 4 is 0 Å². The standard InChI is InChI=1S/C25H43N3O2/c1-24(2,3)28(30)14-6-7-23(28)21-12-13-22(26-16-21)15-25(4,5)27(29)17-19-8-9-20(18-27)11-10-19/h12-13,16,19-20,23,29-30H,6-11,14-15,17-18H2,1-5H3/q+2. The van der Waals surface area contributed by atoms with Crippen LogP contribution in [0, 0.1) is 11.8 Å². The summed E-state index contributed by atoms with van der Waals surface area (Å²) in [6.07, 6.45) is 9.92. The Hall–Kier alpha value is -1.01. The zero-order valence-electron chi connectivity index (χ0n) is 19.8. The minimum atomic E-state index is -0.255. The molecule has 0 radical (unpaired) electrons. The Kier molecular flexibility index (Phi) is 5.58. The van der Waals surface area contributed by atoms with E-state index >= 15 is 0 Å². The van der Waals surface area contributed by atoms with Crippen molar-refractivity contribution in [2.24, 2.45) is 11.8 Å². The first-order chi connectivity index (χ1) is 13.9. The van der Waals surface area contributed by atoms with Crippen molar-refractivity contribution in [1.82, 2.24) is 4.98 Å². The van der Waals surface area contributed by atoms with Crippen LogP contribution in [0.5, 0.6) is 0 Å². The molecule has 4 aliphatic rings. The van der Waals surface area contributed by atoms with Crippen LogP contribution in [0.15, 0.2) is 18.3 Å². The molecule has 30 heavy (non-hydrogen) atoms. The van der Waals surface area contributed by atoms with E-state index in [1.165, 1.54) is 25.7 Å². The molecule has 0 spiro atoms. The lowest BCUT2D eigenvalue weighted by atomic mass is 9.84. The average molecular weight is 418 g/mol. The van der Waals surface area contributed by atoms with Crippen molar-refractivity contribution in [2.75, 3.05) is 19.6 Å². The number of pyridine rings is 1. The van der Waals surface area contributed by atoms with Gasteiger partial charge in [0.15, 0.2) is 0 Å². The second-order valence-electron chi connectivity index (χ2n) is 12.1. The highest BCUT2D eigenvalue weighted by molar-refractivity contribution is 5.18. The summed E-state index contributed by atoms with van der Waals surface area (Å²) >= 11 is 0. The molecule has 0 amide bonds. The van der Waals surface area contributed by atoms with Gasteiger partial charge in [-0.3, -0.25) is 4.98 Å². The molecule has 1 aliphatic carbocycles. The highest BCUT2D eigenvalue weighted by atomic mass is 16.6. The van der Waals surface area contributed by atoms with Crippen LogP contribution in [0.3, 0.4) is 0 Å². The predicted octanol–water partition coefficient (Wildman–Crippen LogP) is 5.27. The summed E-state index contributed by atoms with van der Waals surface area (Å²) in [5.41, 5.74) is 1.71. The fourth-order valence-electron chi connectivity index (χ4n) is 6.46. The van der Waals surface area contributed by atoms with E-state index in [9.17, 15) is 10.4 Å². The quantitative estimate of drug-likeness (QED) is 0.656. The van der Waals surface area contributed by atoms with Gasteiger partial charge in [-0.1, -0.05) is 0 Å². The summed E-state index contributed by atoms with van der Waals surface area (Å²) in [7, 11) is 0. The molecule has 2 unspecified atom stereocenters. The molecule has 2 bridgehead atoms. The minimum Gasteiger partial charge on any atom is -0.261 e. The summed E-state index contributed by atoms with van der Waals surface area (Å²) in [4.78, 5) is 4.82. The molecule has 5 nitrogen and oxygen atoms in total. The molecule has 4 fully saturated rings. The van der Waals surface area contributed by atoms with Gasteiger partial charge >= 0.3 is 0 Å². The fraction of sp³-hybridized carbons (Fsp3) is 0.800. The van der Waals surface area contributed by atoms with Crippen LogP contribution in [0.25, 0.3) is 0 Å². The number of aromatic nitrogens is 1. The first kappa shape index (κ1) is 22.2. The maximum atomic E-state index is 11.7. The molecular formula is C25H43N3O2+2. The highest BCUT2D eigenvalue weighted by Gasteiger charge is 2.52. The van der Waals surface area contributed by atoms with Crippen molar-refractivity contribution < 1.29 is 19.7 Å². The summed E-state index contributed by atoms with van der Waals surface area (Å²) in [6.45, 7) is 13.4. The molecule has 2 N–H and O–H groups in total. The number of hydrogen-bond donors (Lipinski definition) is 2. The van der Waals surface area contributed by atoms with E-state index in [0.29, 0.717) is 11.8 Å². The van der Waals surface area contributed by atoms with Gasteiger partial charge in [0.05, 0.1) is 0 Å². The van der Waals surface area contributed by atoms with Gasteiger partial charge in [0.25, 0.3) is 0 Å². The van der Waals surface area contributed by atoms with E-state index in [4.69, 9.17) is 4.98 Å². The smallest absolute Gasteiger partial charge is 0.146 e. The Morgan fingerprint density at radius 1 is 0.933 bits per heavy atom. The number of hydrogen-bond acceptors (Lipinski definition) is 3. The molecule has 168 valence electrons. The van der Waals surface area contributed by atoms with Crippen LogP contribution in [0.4, 0.5) is 0 Å². The van der Waals surface area contributed by atoms with Crippen molar-refractivity contribution in [3.05, 3.63) is 29.6 Å². The van der Waals surface area contributed by atoms with Gasteiger partial charge in [-0.05, 0) is 72.4 Å². The van der Waals surface area contributed by atoms with Crippen molar-refractivity contribution in [1.29, 1.82) is 0 Å². The van der Waals surface area contributed by atoms with Gasteiger partial charge in [-0.25, -0.2) is 10.4 Å². The molecule has 5 rings (SSSR count). The molecule has 3 aliphatic heterocycles. The van der Waals surface area contributed by atoms with Gasteiger partial charge < -0.3 is 0 Å². The van der Waals surface area contributed by atoms with Crippen LogP contribution in [-0.2, 0) is 6.42 Å². The first-order valence-electron chi connectivity index (χ1n) is 12.1. The number of fused-ring (bicyclic) bond motifs is 4. The third-order valence-corrected chi connectivity index (χ3v) is 8.71. The lowest BCUT2D eigenvalue weighted by Gasteiger charge is -2.44. The Labute approximate surface area is 182 Å². The van der Waals surface area contributed by atoms with Crippen molar-refractivity contribution in [3.63, 3.8) is 0 Å². The van der Waals surface area contributed by atoms with E-state index in [1.54, 1.807) is 0 Å². The van der Waals surface area contributed by atoms with Crippen molar-refractivity contribution in [2.45, 2.75) is 96.7 Å². The van der Waals surface area contributed by atoms with Gasteiger partial charge in [-0.2, -0.15) is 9.29 Å². The number of nitrogens with zero attached hydrogens (tertiary/aromatic N) is 3. The largest absolute Gasteiger partial charge is 0.261 e. The fourth-order valence-corrected chi connectivity index (χ4v) is 6.46. The Morgan fingerprint density at radius 3 is 2.03 bits per heavy atom. The third kappa shape index (κ3) is 3.83. The molecule has 3 saturated heterocycles. The van der Waals surface area contributed by atoms with E-state index in [1.807, 2.05) is 6.20 Å². The van der Waals surface area contributed by atoms with E-state index in [0.717, 1.165) is 50.2 Å². The highest BCUT2D eigenvalue weighted by Crippen LogP contribution is 2.44. The molecule has 0 aromatic carbocycles. The van der Waals surface area contributed by atoms with Crippen LogP contribution in [0.1, 0.15) is 90.4 Å². The third-order valence-electron chi connectivity index (χ3n) is 8.71. The number of hydroxylamine groups is 6. The molecule has 4 heterocycles.